The highest BCUT2D eigenvalue weighted by molar-refractivity contribution is 9.11. The Balaban J connectivity index is 2.05. The van der Waals surface area contributed by atoms with Crippen LogP contribution in [0.3, 0.4) is 0 Å². The summed E-state index contributed by atoms with van der Waals surface area (Å²) in [7, 11) is 0. The topological polar surface area (TPSA) is 58.2 Å². The predicted octanol–water partition coefficient (Wildman–Crippen LogP) is 2.29. The van der Waals surface area contributed by atoms with Crippen molar-refractivity contribution >= 4 is 49.4 Å². The van der Waals surface area contributed by atoms with Crippen LogP contribution in [-0.4, -0.2) is 18.4 Å². The van der Waals surface area contributed by atoms with Crippen molar-refractivity contribution in [3.05, 3.63) is 27.1 Å². The fourth-order valence-corrected chi connectivity index (χ4v) is 2.76. The van der Waals surface area contributed by atoms with Crippen molar-refractivity contribution in [3.63, 3.8) is 0 Å². The van der Waals surface area contributed by atoms with E-state index in [9.17, 15) is 9.59 Å². The van der Waals surface area contributed by atoms with Gasteiger partial charge < -0.3 is 10.6 Å². The van der Waals surface area contributed by atoms with Gasteiger partial charge in [0, 0.05) is 21.9 Å². The maximum absolute atomic E-state index is 11.9. The van der Waals surface area contributed by atoms with E-state index in [1.54, 1.807) is 6.07 Å². The average Bonchev–Trinajstić information content (AvgIpc) is 2.69. The van der Waals surface area contributed by atoms with Gasteiger partial charge >= 0.3 is 0 Å². The number of carbonyl (C=O) groups excluding carboxylic acids is 2. The number of amides is 2. The van der Waals surface area contributed by atoms with Crippen molar-refractivity contribution in [2.75, 3.05) is 11.9 Å². The molecule has 0 bridgehead atoms. The Hall–Kier alpha value is -0.880. The largest absolute Gasteiger partial charge is 0.355 e. The number of halogens is 2. The quantitative estimate of drug-likeness (QED) is 0.849. The van der Waals surface area contributed by atoms with Crippen LogP contribution in [0.2, 0.25) is 0 Å². The summed E-state index contributed by atoms with van der Waals surface area (Å²) in [6.45, 7) is 0.415. The Labute approximate surface area is 115 Å². The van der Waals surface area contributed by atoms with Crippen molar-refractivity contribution < 1.29 is 9.59 Å². The Bertz CT molecular complexity index is 477. The van der Waals surface area contributed by atoms with Gasteiger partial charge in [0.15, 0.2) is 0 Å². The van der Waals surface area contributed by atoms with E-state index in [4.69, 9.17) is 0 Å². The molecule has 0 aromatic heterocycles. The van der Waals surface area contributed by atoms with Crippen LogP contribution in [-0.2, 0) is 9.59 Å². The molecule has 1 aromatic carbocycles. The van der Waals surface area contributed by atoms with Crippen LogP contribution < -0.4 is 10.6 Å². The molecule has 1 fully saturated rings. The van der Waals surface area contributed by atoms with E-state index in [1.165, 1.54) is 0 Å². The van der Waals surface area contributed by atoms with Crippen molar-refractivity contribution in [2.24, 2.45) is 5.92 Å². The predicted molar refractivity (Wildman–Crippen MR) is 71.6 cm³/mol. The third kappa shape index (κ3) is 3.07. The van der Waals surface area contributed by atoms with Gasteiger partial charge in [0.1, 0.15) is 0 Å². The first-order chi connectivity index (χ1) is 8.06. The molecule has 0 saturated carbocycles. The molecule has 0 aliphatic carbocycles. The minimum absolute atomic E-state index is 0.0694. The zero-order valence-electron chi connectivity index (χ0n) is 8.80. The Morgan fingerprint density at radius 2 is 2.18 bits per heavy atom. The number of nitrogens with one attached hydrogen (secondary N) is 2. The summed E-state index contributed by atoms with van der Waals surface area (Å²) in [5.41, 5.74) is 0.706. The fourth-order valence-electron chi connectivity index (χ4n) is 1.62. The monoisotopic (exact) mass is 360 g/mol. The molecular weight excluding hydrogens is 352 g/mol. The summed E-state index contributed by atoms with van der Waals surface area (Å²) in [4.78, 5) is 22.9. The maximum atomic E-state index is 11.9. The van der Waals surface area contributed by atoms with Crippen molar-refractivity contribution in [3.8, 4) is 0 Å². The SMILES string of the molecule is O=C1CC(C(=O)Nc2ccc(Br)cc2Br)CN1. The van der Waals surface area contributed by atoms with Crippen LogP contribution in [0.1, 0.15) is 6.42 Å². The summed E-state index contributed by atoms with van der Waals surface area (Å²) in [6.07, 6.45) is 0.264. The molecule has 90 valence electrons. The molecule has 1 aliphatic heterocycles. The molecule has 0 spiro atoms. The first-order valence-electron chi connectivity index (χ1n) is 5.09. The third-order valence-electron chi connectivity index (χ3n) is 2.54. The number of rotatable bonds is 2. The molecule has 1 heterocycles. The van der Waals surface area contributed by atoms with E-state index in [-0.39, 0.29) is 24.2 Å². The molecule has 1 unspecified atom stereocenters. The number of hydrogen-bond acceptors (Lipinski definition) is 2. The van der Waals surface area contributed by atoms with E-state index < -0.39 is 0 Å². The smallest absolute Gasteiger partial charge is 0.229 e. The molecule has 6 heteroatoms. The van der Waals surface area contributed by atoms with Gasteiger partial charge in [0.2, 0.25) is 11.8 Å². The van der Waals surface area contributed by atoms with E-state index in [0.29, 0.717) is 12.2 Å². The van der Waals surface area contributed by atoms with E-state index >= 15 is 0 Å². The molecule has 2 amide bonds. The Morgan fingerprint density at radius 3 is 2.76 bits per heavy atom. The van der Waals surface area contributed by atoms with Crippen LogP contribution in [0.25, 0.3) is 0 Å². The zero-order chi connectivity index (χ0) is 12.4. The molecule has 2 rings (SSSR count). The minimum Gasteiger partial charge on any atom is -0.355 e. The number of hydrogen-bond donors (Lipinski definition) is 2. The second-order valence-corrected chi connectivity index (χ2v) is 5.59. The summed E-state index contributed by atoms with van der Waals surface area (Å²) < 4.78 is 1.73. The first kappa shape index (κ1) is 12.6. The van der Waals surface area contributed by atoms with E-state index in [0.717, 1.165) is 8.95 Å². The standard InChI is InChI=1S/C11H10Br2N2O2/c12-7-1-2-9(8(13)4-7)15-11(17)6-3-10(16)14-5-6/h1-2,4,6H,3,5H2,(H,14,16)(H,15,17). The summed E-state index contributed by atoms with van der Waals surface area (Å²) >= 11 is 6.71. The number of carbonyl (C=O) groups is 2. The van der Waals surface area contributed by atoms with Crippen molar-refractivity contribution in [1.29, 1.82) is 0 Å². The lowest BCUT2D eigenvalue weighted by atomic mass is 10.1. The van der Waals surface area contributed by atoms with E-state index in [2.05, 4.69) is 42.5 Å². The number of anilines is 1. The van der Waals surface area contributed by atoms with Gasteiger partial charge in [-0.1, -0.05) is 15.9 Å². The number of benzene rings is 1. The molecule has 0 radical (unpaired) electrons. The Morgan fingerprint density at radius 1 is 1.41 bits per heavy atom. The molecule has 1 aromatic rings. The molecule has 1 saturated heterocycles. The first-order valence-corrected chi connectivity index (χ1v) is 6.67. The molecule has 2 N–H and O–H groups in total. The van der Waals surface area contributed by atoms with Crippen LogP contribution in [0.5, 0.6) is 0 Å². The summed E-state index contributed by atoms with van der Waals surface area (Å²) in [5, 5.41) is 5.44. The lowest BCUT2D eigenvalue weighted by Gasteiger charge is -2.10. The van der Waals surface area contributed by atoms with Gasteiger partial charge in [0.25, 0.3) is 0 Å². The van der Waals surface area contributed by atoms with Crippen LogP contribution >= 0.6 is 31.9 Å². The molecule has 1 atom stereocenters. The van der Waals surface area contributed by atoms with E-state index in [1.807, 2.05) is 12.1 Å². The second kappa shape index (κ2) is 5.18. The average molecular weight is 362 g/mol. The third-order valence-corrected chi connectivity index (χ3v) is 3.69. The molecule has 1 aliphatic rings. The van der Waals surface area contributed by atoms with Gasteiger partial charge in [0.05, 0.1) is 11.6 Å². The summed E-state index contributed by atoms with van der Waals surface area (Å²) in [5.74, 6) is -0.482. The second-order valence-electron chi connectivity index (χ2n) is 3.82. The fraction of sp³-hybridized carbons (Fsp3) is 0.273. The van der Waals surface area contributed by atoms with Crippen LogP contribution in [0, 0.1) is 5.92 Å². The minimum atomic E-state index is -0.280. The molecule has 4 nitrogen and oxygen atoms in total. The van der Waals surface area contributed by atoms with Crippen molar-refractivity contribution in [2.45, 2.75) is 6.42 Å². The molecule has 17 heavy (non-hydrogen) atoms. The lowest BCUT2D eigenvalue weighted by molar-refractivity contribution is -0.123. The maximum Gasteiger partial charge on any atom is 0.229 e. The Kier molecular flexibility index (Phi) is 3.83. The van der Waals surface area contributed by atoms with Gasteiger partial charge in [-0.3, -0.25) is 9.59 Å². The normalized spacial score (nSPS) is 18.9. The summed E-state index contributed by atoms with van der Waals surface area (Å²) in [6, 6.07) is 5.50. The van der Waals surface area contributed by atoms with Gasteiger partial charge in [-0.05, 0) is 34.1 Å². The highest BCUT2D eigenvalue weighted by Gasteiger charge is 2.28. The van der Waals surface area contributed by atoms with Crippen molar-refractivity contribution in [1.82, 2.24) is 5.32 Å². The van der Waals surface area contributed by atoms with Crippen LogP contribution in [0.15, 0.2) is 27.1 Å². The van der Waals surface area contributed by atoms with Gasteiger partial charge in [-0.25, -0.2) is 0 Å². The molecular formula is C11H10Br2N2O2. The van der Waals surface area contributed by atoms with Gasteiger partial charge in [-0.15, -0.1) is 0 Å². The highest BCUT2D eigenvalue weighted by Crippen LogP contribution is 2.26. The highest BCUT2D eigenvalue weighted by atomic mass is 79.9. The zero-order valence-corrected chi connectivity index (χ0v) is 12.0. The van der Waals surface area contributed by atoms with Gasteiger partial charge in [-0.2, -0.15) is 0 Å². The van der Waals surface area contributed by atoms with Crippen LogP contribution in [0.4, 0.5) is 5.69 Å². The lowest BCUT2D eigenvalue weighted by Crippen LogP contribution is -2.24.